The maximum atomic E-state index is 12.8. The topological polar surface area (TPSA) is 61.5 Å². The smallest absolute Gasteiger partial charge is 0.254 e. The number of hydrogen-bond donors (Lipinski definition) is 1. The lowest BCUT2D eigenvalue weighted by molar-refractivity contribution is 0.0745. The van der Waals surface area contributed by atoms with Gasteiger partial charge in [0.1, 0.15) is 5.75 Å². The van der Waals surface area contributed by atoms with Crippen molar-refractivity contribution in [2.24, 2.45) is 0 Å². The van der Waals surface area contributed by atoms with E-state index >= 15 is 0 Å². The highest BCUT2D eigenvalue weighted by molar-refractivity contribution is 5.96. The van der Waals surface area contributed by atoms with Crippen molar-refractivity contribution in [3.05, 3.63) is 53.6 Å². The molecule has 6 heteroatoms. The van der Waals surface area contributed by atoms with Crippen LogP contribution in [0.3, 0.4) is 0 Å². The molecule has 2 heterocycles. The molecule has 2 aromatic carbocycles. The number of amides is 1. The van der Waals surface area contributed by atoms with Gasteiger partial charge in [-0.2, -0.15) is 0 Å². The highest BCUT2D eigenvalue weighted by atomic mass is 16.5. The summed E-state index contributed by atoms with van der Waals surface area (Å²) in [4.78, 5) is 25.0. The van der Waals surface area contributed by atoms with Crippen molar-refractivity contribution >= 4 is 22.9 Å². The molecule has 1 saturated heterocycles. The van der Waals surface area contributed by atoms with Crippen molar-refractivity contribution in [2.45, 2.75) is 6.92 Å². The van der Waals surface area contributed by atoms with Gasteiger partial charge in [-0.15, -0.1) is 0 Å². The second kappa shape index (κ2) is 6.71. The Balaban J connectivity index is 1.45. The fourth-order valence-electron chi connectivity index (χ4n) is 3.38. The molecule has 0 radical (unpaired) electrons. The van der Waals surface area contributed by atoms with Gasteiger partial charge in [-0.1, -0.05) is 12.1 Å². The number of imidazole rings is 1. The van der Waals surface area contributed by atoms with Gasteiger partial charge in [-0.25, -0.2) is 4.98 Å². The molecule has 0 atom stereocenters. The maximum absolute atomic E-state index is 12.8. The molecule has 0 spiro atoms. The van der Waals surface area contributed by atoms with Crippen LogP contribution in [0.4, 0.5) is 5.95 Å². The number of benzene rings is 2. The summed E-state index contributed by atoms with van der Waals surface area (Å²) >= 11 is 0. The molecule has 1 aliphatic heterocycles. The number of nitrogens with one attached hydrogen (secondary N) is 1. The average Bonchev–Trinajstić information content (AvgIpc) is 3.11. The van der Waals surface area contributed by atoms with Gasteiger partial charge in [0.15, 0.2) is 0 Å². The van der Waals surface area contributed by atoms with E-state index in [0.29, 0.717) is 13.1 Å². The number of carbonyl (C=O) groups is 1. The predicted molar refractivity (Wildman–Crippen MR) is 102 cm³/mol. The molecular weight excluding hydrogens is 328 g/mol. The fourth-order valence-corrected chi connectivity index (χ4v) is 3.38. The number of para-hydroxylation sites is 2. The number of aromatic nitrogens is 2. The third kappa shape index (κ3) is 2.98. The first-order valence-electron chi connectivity index (χ1n) is 8.79. The number of H-pyrrole nitrogens is 1. The van der Waals surface area contributed by atoms with Crippen molar-refractivity contribution in [3.63, 3.8) is 0 Å². The van der Waals surface area contributed by atoms with Crippen molar-refractivity contribution in [1.82, 2.24) is 14.9 Å². The molecule has 0 bridgehead atoms. The SMILES string of the molecule is COc1ccc(C(=O)N2CCN(c3nc4ccccc4[nH]3)CC2)c(C)c1. The third-order valence-electron chi connectivity index (χ3n) is 4.91. The summed E-state index contributed by atoms with van der Waals surface area (Å²) in [5, 5.41) is 0. The van der Waals surface area contributed by atoms with Gasteiger partial charge in [-0.05, 0) is 42.8 Å². The van der Waals surface area contributed by atoms with E-state index in [-0.39, 0.29) is 5.91 Å². The van der Waals surface area contributed by atoms with Gasteiger partial charge in [-0.3, -0.25) is 4.79 Å². The monoisotopic (exact) mass is 350 g/mol. The number of aromatic amines is 1. The average molecular weight is 350 g/mol. The number of methoxy groups -OCH3 is 1. The lowest BCUT2D eigenvalue weighted by Crippen LogP contribution is -2.49. The van der Waals surface area contributed by atoms with E-state index in [1.807, 2.05) is 54.3 Å². The van der Waals surface area contributed by atoms with Crippen LogP contribution in [-0.4, -0.2) is 54.1 Å². The molecule has 4 rings (SSSR count). The molecule has 26 heavy (non-hydrogen) atoms. The Hall–Kier alpha value is -3.02. The second-order valence-corrected chi connectivity index (χ2v) is 6.54. The van der Waals surface area contributed by atoms with E-state index in [1.54, 1.807) is 7.11 Å². The van der Waals surface area contributed by atoms with Crippen molar-refractivity contribution < 1.29 is 9.53 Å². The van der Waals surface area contributed by atoms with Gasteiger partial charge in [0.2, 0.25) is 5.95 Å². The van der Waals surface area contributed by atoms with Crippen LogP contribution >= 0.6 is 0 Å². The molecule has 134 valence electrons. The highest BCUT2D eigenvalue weighted by Crippen LogP contribution is 2.21. The molecule has 6 nitrogen and oxygen atoms in total. The molecule has 1 fully saturated rings. The summed E-state index contributed by atoms with van der Waals surface area (Å²) in [6.07, 6.45) is 0. The van der Waals surface area contributed by atoms with E-state index in [2.05, 4.69) is 14.9 Å². The third-order valence-corrected chi connectivity index (χ3v) is 4.91. The zero-order valence-corrected chi connectivity index (χ0v) is 15.0. The maximum Gasteiger partial charge on any atom is 0.254 e. The van der Waals surface area contributed by atoms with Crippen molar-refractivity contribution in [3.8, 4) is 5.75 Å². The number of aryl methyl sites for hydroxylation is 1. The fraction of sp³-hybridized carbons (Fsp3) is 0.300. The van der Waals surface area contributed by atoms with Crippen LogP contribution in [0.5, 0.6) is 5.75 Å². The number of ether oxygens (including phenoxy) is 1. The lowest BCUT2D eigenvalue weighted by atomic mass is 10.1. The minimum absolute atomic E-state index is 0.0782. The molecule has 0 aliphatic carbocycles. The minimum atomic E-state index is 0.0782. The zero-order chi connectivity index (χ0) is 18.1. The van der Waals surface area contributed by atoms with Gasteiger partial charge >= 0.3 is 0 Å². The van der Waals surface area contributed by atoms with E-state index in [0.717, 1.165) is 46.9 Å². The summed E-state index contributed by atoms with van der Waals surface area (Å²) in [5.41, 5.74) is 3.68. The molecule has 1 amide bonds. The number of fused-ring (bicyclic) bond motifs is 1. The molecule has 3 aromatic rings. The Bertz CT molecular complexity index is 909. The first kappa shape index (κ1) is 16.4. The van der Waals surface area contributed by atoms with E-state index in [4.69, 9.17) is 4.74 Å². The van der Waals surface area contributed by atoms with Gasteiger partial charge in [0.05, 0.1) is 18.1 Å². The normalized spacial score (nSPS) is 14.7. The Kier molecular flexibility index (Phi) is 4.24. The molecular formula is C20H22N4O2. The molecule has 1 N–H and O–H groups in total. The van der Waals surface area contributed by atoms with Gasteiger partial charge < -0.3 is 19.5 Å². The summed E-state index contributed by atoms with van der Waals surface area (Å²) in [5.74, 6) is 1.72. The van der Waals surface area contributed by atoms with Crippen molar-refractivity contribution in [1.29, 1.82) is 0 Å². The molecule has 1 aliphatic rings. The van der Waals surface area contributed by atoms with Gasteiger partial charge in [0, 0.05) is 31.7 Å². The zero-order valence-electron chi connectivity index (χ0n) is 15.0. The largest absolute Gasteiger partial charge is 0.497 e. The Morgan fingerprint density at radius 1 is 1.12 bits per heavy atom. The second-order valence-electron chi connectivity index (χ2n) is 6.54. The number of nitrogens with zero attached hydrogens (tertiary/aromatic N) is 3. The van der Waals surface area contributed by atoms with Crippen LogP contribution in [0.2, 0.25) is 0 Å². The summed E-state index contributed by atoms with van der Waals surface area (Å²) in [7, 11) is 1.63. The Morgan fingerprint density at radius 2 is 1.88 bits per heavy atom. The van der Waals surface area contributed by atoms with Crippen LogP contribution in [0.25, 0.3) is 11.0 Å². The van der Waals surface area contributed by atoms with Gasteiger partial charge in [0.25, 0.3) is 5.91 Å². The number of rotatable bonds is 3. The van der Waals surface area contributed by atoms with Crippen LogP contribution < -0.4 is 9.64 Å². The van der Waals surface area contributed by atoms with E-state index in [1.165, 1.54) is 0 Å². The van der Waals surface area contributed by atoms with Crippen LogP contribution in [-0.2, 0) is 0 Å². The number of anilines is 1. The first-order valence-corrected chi connectivity index (χ1v) is 8.79. The lowest BCUT2D eigenvalue weighted by Gasteiger charge is -2.34. The van der Waals surface area contributed by atoms with Crippen LogP contribution in [0.15, 0.2) is 42.5 Å². The highest BCUT2D eigenvalue weighted by Gasteiger charge is 2.24. The van der Waals surface area contributed by atoms with Crippen LogP contribution in [0.1, 0.15) is 15.9 Å². The standard InChI is InChI=1S/C20H22N4O2/c1-14-13-15(26-2)7-8-16(14)19(25)23-9-11-24(12-10-23)20-21-17-5-3-4-6-18(17)22-20/h3-8,13H,9-12H2,1-2H3,(H,21,22). The Morgan fingerprint density at radius 3 is 2.58 bits per heavy atom. The predicted octanol–water partition coefficient (Wildman–Crippen LogP) is 2.84. The summed E-state index contributed by atoms with van der Waals surface area (Å²) in [6, 6.07) is 13.6. The number of carbonyl (C=O) groups excluding carboxylic acids is 1. The minimum Gasteiger partial charge on any atom is -0.497 e. The Labute approximate surface area is 152 Å². The molecule has 0 unspecified atom stereocenters. The quantitative estimate of drug-likeness (QED) is 0.789. The van der Waals surface area contributed by atoms with E-state index < -0.39 is 0 Å². The van der Waals surface area contributed by atoms with Crippen molar-refractivity contribution in [2.75, 3.05) is 38.2 Å². The first-order chi connectivity index (χ1) is 12.7. The molecule has 1 aromatic heterocycles. The van der Waals surface area contributed by atoms with E-state index in [9.17, 15) is 4.79 Å². The molecule has 0 saturated carbocycles. The number of piperazine rings is 1. The van der Waals surface area contributed by atoms with Crippen LogP contribution in [0, 0.1) is 6.92 Å². The summed E-state index contributed by atoms with van der Waals surface area (Å²) in [6.45, 7) is 4.84. The number of hydrogen-bond acceptors (Lipinski definition) is 4. The summed E-state index contributed by atoms with van der Waals surface area (Å²) < 4.78 is 5.22.